The zero-order chi connectivity index (χ0) is 20.0. The fourth-order valence-corrected chi connectivity index (χ4v) is 3.96. The highest BCUT2D eigenvalue weighted by Crippen LogP contribution is 2.12. The molecule has 0 aromatic carbocycles. The molecule has 0 saturated carbocycles. The van der Waals surface area contributed by atoms with Gasteiger partial charge in [0.15, 0.2) is 0 Å². The summed E-state index contributed by atoms with van der Waals surface area (Å²) in [5.41, 5.74) is 0. The third-order valence-electron chi connectivity index (χ3n) is 4.87. The van der Waals surface area contributed by atoms with E-state index in [2.05, 4.69) is 31.0 Å². The molecule has 5 heteroatoms. The Kier molecular flexibility index (Phi) is 21.5. The summed E-state index contributed by atoms with van der Waals surface area (Å²) >= 11 is 1.99. The zero-order valence-electron chi connectivity index (χ0n) is 18.4. The second-order valence-corrected chi connectivity index (χ2v) is 8.46. The highest BCUT2D eigenvalue weighted by molar-refractivity contribution is 7.99. The minimum Gasteiger partial charge on any atom is -0.450 e. The van der Waals surface area contributed by atoms with Gasteiger partial charge in [-0.2, -0.15) is 11.8 Å². The Morgan fingerprint density at radius 1 is 0.815 bits per heavy atom. The van der Waals surface area contributed by atoms with Crippen molar-refractivity contribution in [1.82, 2.24) is 10.2 Å². The number of amides is 1. The average molecular weight is 403 g/mol. The lowest BCUT2D eigenvalue weighted by atomic mass is 10.1. The Hall–Kier alpha value is -0.420. The maximum absolute atomic E-state index is 11.6. The molecule has 0 fully saturated rings. The SMILES string of the molecule is CCCCCCCCCCCSCCCOC(=O)NCCCN(CC)CC. The maximum atomic E-state index is 11.6. The molecule has 0 aliphatic carbocycles. The molecule has 0 saturated heterocycles. The van der Waals surface area contributed by atoms with E-state index in [4.69, 9.17) is 4.74 Å². The predicted octanol–water partition coefficient (Wildman–Crippen LogP) is 6.10. The maximum Gasteiger partial charge on any atom is 0.407 e. The lowest BCUT2D eigenvalue weighted by molar-refractivity contribution is 0.146. The first-order chi connectivity index (χ1) is 13.2. The summed E-state index contributed by atoms with van der Waals surface area (Å²) in [7, 11) is 0. The van der Waals surface area contributed by atoms with Crippen molar-refractivity contribution in [1.29, 1.82) is 0 Å². The van der Waals surface area contributed by atoms with Crippen LogP contribution in [0.3, 0.4) is 0 Å². The Morgan fingerprint density at radius 2 is 1.41 bits per heavy atom. The first kappa shape index (κ1) is 26.6. The van der Waals surface area contributed by atoms with Crippen molar-refractivity contribution in [2.45, 2.75) is 91.4 Å². The first-order valence-corrected chi connectivity index (χ1v) is 12.6. The van der Waals surface area contributed by atoms with Gasteiger partial charge >= 0.3 is 6.09 Å². The summed E-state index contributed by atoms with van der Waals surface area (Å²) in [6, 6.07) is 0. The summed E-state index contributed by atoms with van der Waals surface area (Å²) in [5, 5.41) is 2.84. The molecule has 0 aromatic rings. The third kappa shape index (κ3) is 20.1. The topological polar surface area (TPSA) is 41.6 Å². The van der Waals surface area contributed by atoms with Crippen LogP contribution in [0.5, 0.6) is 0 Å². The van der Waals surface area contributed by atoms with Crippen LogP contribution in [0.4, 0.5) is 4.79 Å². The number of unbranched alkanes of at least 4 members (excludes halogenated alkanes) is 8. The lowest BCUT2D eigenvalue weighted by Crippen LogP contribution is -2.30. The van der Waals surface area contributed by atoms with Gasteiger partial charge in [-0.05, 0) is 50.4 Å². The number of nitrogens with one attached hydrogen (secondary N) is 1. The number of ether oxygens (including phenoxy) is 1. The molecule has 0 aliphatic heterocycles. The van der Waals surface area contributed by atoms with Gasteiger partial charge in [0.25, 0.3) is 0 Å². The number of carbonyl (C=O) groups is 1. The zero-order valence-corrected chi connectivity index (χ0v) is 19.2. The first-order valence-electron chi connectivity index (χ1n) is 11.4. The minimum atomic E-state index is -0.265. The molecule has 0 spiro atoms. The van der Waals surface area contributed by atoms with Crippen LogP contribution in [0, 0.1) is 0 Å². The van der Waals surface area contributed by atoms with E-state index in [1.165, 1.54) is 63.5 Å². The predicted molar refractivity (Wildman–Crippen MR) is 121 cm³/mol. The van der Waals surface area contributed by atoms with Crippen molar-refractivity contribution in [3.05, 3.63) is 0 Å². The Labute approximate surface area is 173 Å². The summed E-state index contributed by atoms with van der Waals surface area (Å²) < 4.78 is 5.22. The molecule has 0 rings (SSSR count). The van der Waals surface area contributed by atoms with Gasteiger partial charge in [-0.1, -0.05) is 72.1 Å². The molecule has 1 N–H and O–H groups in total. The van der Waals surface area contributed by atoms with Crippen LogP contribution in [0.1, 0.15) is 91.4 Å². The molecule has 0 unspecified atom stereocenters. The van der Waals surface area contributed by atoms with Crippen molar-refractivity contribution in [3.8, 4) is 0 Å². The number of rotatable bonds is 20. The molecule has 0 radical (unpaired) electrons. The smallest absolute Gasteiger partial charge is 0.407 e. The van der Waals surface area contributed by atoms with Crippen molar-refractivity contribution in [3.63, 3.8) is 0 Å². The number of carbonyl (C=O) groups excluding carboxylic acids is 1. The average Bonchev–Trinajstić information content (AvgIpc) is 2.68. The summed E-state index contributed by atoms with van der Waals surface area (Å²) in [5.74, 6) is 2.33. The third-order valence-corrected chi connectivity index (χ3v) is 6.03. The lowest BCUT2D eigenvalue weighted by Gasteiger charge is -2.17. The standard InChI is InChI=1S/C22H46N2O2S/c1-4-7-8-9-10-11-12-13-14-20-27-21-16-19-26-22(25)23-17-15-18-24(5-2)6-3/h4-21H2,1-3H3,(H,23,25). The van der Waals surface area contributed by atoms with Crippen molar-refractivity contribution < 1.29 is 9.53 Å². The van der Waals surface area contributed by atoms with Gasteiger partial charge in [0.1, 0.15) is 0 Å². The number of alkyl carbamates (subject to hydrolysis) is 1. The number of nitrogens with zero attached hydrogens (tertiary/aromatic N) is 1. The second kappa shape index (κ2) is 21.9. The van der Waals surface area contributed by atoms with Crippen molar-refractivity contribution in [2.24, 2.45) is 0 Å². The van der Waals surface area contributed by atoms with Gasteiger partial charge in [0.05, 0.1) is 6.61 Å². The molecule has 1 amide bonds. The van der Waals surface area contributed by atoms with Gasteiger partial charge in [-0.15, -0.1) is 0 Å². The van der Waals surface area contributed by atoms with Crippen molar-refractivity contribution in [2.75, 3.05) is 44.3 Å². The molecular weight excluding hydrogens is 356 g/mol. The monoisotopic (exact) mass is 402 g/mol. The van der Waals surface area contributed by atoms with Crippen LogP contribution in [-0.4, -0.2) is 55.3 Å². The minimum absolute atomic E-state index is 0.265. The fourth-order valence-electron chi connectivity index (χ4n) is 3.03. The van der Waals surface area contributed by atoms with Crippen molar-refractivity contribution >= 4 is 17.9 Å². The molecule has 0 aliphatic rings. The largest absolute Gasteiger partial charge is 0.450 e. The quantitative estimate of drug-likeness (QED) is 0.250. The van der Waals surface area contributed by atoms with Gasteiger partial charge in [0.2, 0.25) is 0 Å². The van der Waals surface area contributed by atoms with E-state index < -0.39 is 0 Å². The van der Waals surface area contributed by atoms with Gasteiger partial charge in [0, 0.05) is 6.54 Å². The van der Waals surface area contributed by atoms with Crippen LogP contribution in [0.25, 0.3) is 0 Å². The number of thioether (sulfide) groups is 1. The number of hydrogen-bond donors (Lipinski definition) is 1. The summed E-state index contributed by atoms with van der Waals surface area (Å²) in [4.78, 5) is 14.0. The van der Waals surface area contributed by atoms with E-state index in [-0.39, 0.29) is 6.09 Å². The van der Waals surface area contributed by atoms with Crippen LogP contribution >= 0.6 is 11.8 Å². The molecule has 27 heavy (non-hydrogen) atoms. The van der Waals surface area contributed by atoms with E-state index in [0.717, 1.165) is 38.2 Å². The number of hydrogen-bond acceptors (Lipinski definition) is 4. The highest BCUT2D eigenvalue weighted by Gasteiger charge is 2.02. The van der Waals surface area contributed by atoms with Crippen LogP contribution in [0.15, 0.2) is 0 Å². The molecule has 0 atom stereocenters. The Balaban J connectivity index is 3.20. The molecule has 0 aromatic heterocycles. The molecule has 0 heterocycles. The Bertz CT molecular complexity index is 313. The highest BCUT2D eigenvalue weighted by atomic mass is 32.2. The van der Waals surface area contributed by atoms with E-state index >= 15 is 0 Å². The van der Waals surface area contributed by atoms with E-state index in [9.17, 15) is 4.79 Å². The van der Waals surface area contributed by atoms with Crippen LogP contribution < -0.4 is 5.32 Å². The summed E-state index contributed by atoms with van der Waals surface area (Å²) in [6.07, 6.45) is 14.2. The fraction of sp³-hybridized carbons (Fsp3) is 0.955. The van der Waals surface area contributed by atoms with Gasteiger partial charge in [-0.25, -0.2) is 4.79 Å². The van der Waals surface area contributed by atoms with E-state index in [1.54, 1.807) is 0 Å². The molecule has 162 valence electrons. The Morgan fingerprint density at radius 3 is 2.04 bits per heavy atom. The van der Waals surface area contributed by atoms with E-state index in [1.807, 2.05) is 11.8 Å². The summed E-state index contributed by atoms with van der Waals surface area (Å²) in [6.45, 7) is 11.0. The van der Waals surface area contributed by atoms with Gasteiger partial charge in [-0.3, -0.25) is 0 Å². The van der Waals surface area contributed by atoms with Crippen LogP contribution in [0.2, 0.25) is 0 Å². The second-order valence-electron chi connectivity index (χ2n) is 7.24. The van der Waals surface area contributed by atoms with Gasteiger partial charge < -0.3 is 15.0 Å². The van der Waals surface area contributed by atoms with E-state index in [0.29, 0.717) is 13.2 Å². The molecule has 0 bridgehead atoms. The van der Waals surface area contributed by atoms with Crippen LogP contribution in [-0.2, 0) is 4.74 Å². The molecular formula is C22H46N2O2S. The normalized spacial score (nSPS) is 11.1. The molecule has 4 nitrogen and oxygen atoms in total.